The van der Waals surface area contributed by atoms with E-state index >= 15 is 0 Å². The number of hydrogen-bond acceptors (Lipinski definition) is 5. The highest BCUT2D eigenvalue weighted by Gasteiger charge is 2.17. The number of carbonyl (C=O) groups excluding carboxylic acids is 1. The van der Waals surface area contributed by atoms with Crippen molar-refractivity contribution < 1.29 is 14.6 Å². The van der Waals surface area contributed by atoms with E-state index in [-0.39, 0.29) is 12.3 Å². The lowest BCUT2D eigenvalue weighted by Crippen LogP contribution is -2.15. The molecule has 0 fully saturated rings. The van der Waals surface area contributed by atoms with Gasteiger partial charge in [-0.3, -0.25) is 0 Å². The molecule has 1 aromatic heterocycles. The van der Waals surface area contributed by atoms with E-state index in [1.807, 2.05) is 0 Å². The maximum absolute atomic E-state index is 11.5. The number of ether oxygens (including phenoxy) is 1. The normalized spacial score (nSPS) is 12.2. The van der Waals surface area contributed by atoms with E-state index in [1.165, 1.54) is 10.8 Å². The van der Waals surface area contributed by atoms with Crippen LogP contribution in [0.1, 0.15) is 23.1 Å². The van der Waals surface area contributed by atoms with Crippen LogP contribution in [-0.4, -0.2) is 38.8 Å². The van der Waals surface area contributed by atoms with E-state index in [0.29, 0.717) is 12.2 Å². The van der Waals surface area contributed by atoms with Crippen LogP contribution in [0.15, 0.2) is 12.7 Å². The highest BCUT2D eigenvalue weighted by atomic mass is 16.5. The number of aliphatic hydroxyl groups is 1. The average Bonchev–Trinajstić information content (AvgIpc) is 2.56. The summed E-state index contributed by atoms with van der Waals surface area (Å²) in [7, 11) is 0. The molecule has 0 spiro atoms. The molecule has 1 N–H and O–H groups in total. The molecule has 1 unspecified atom stereocenters. The zero-order valence-corrected chi connectivity index (χ0v) is 9.38. The lowest BCUT2D eigenvalue weighted by Gasteiger charge is -2.05. The van der Waals surface area contributed by atoms with Gasteiger partial charge in [-0.1, -0.05) is 17.9 Å². The van der Waals surface area contributed by atoms with Crippen LogP contribution in [-0.2, 0) is 11.3 Å². The van der Waals surface area contributed by atoms with Crippen molar-refractivity contribution in [2.45, 2.75) is 26.5 Å². The second-order valence-electron chi connectivity index (χ2n) is 3.44. The van der Waals surface area contributed by atoms with Crippen LogP contribution in [0.3, 0.4) is 0 Å². The number of rotatable bonds is 5. The summed E-state index contributed by atoms with van der Waals surface area (Å²) in [5.74, 6) is -0.533. The van der Waals surface area contributed by atoms with Gasteiger partial charge < -0.3 is 9.84 Å². The molecule has 0 aliphatic heterocycles. The summed E-state index contributed by atoms with van der Waals surface area (Å²) in [5.41, 5.74) is 0.748. The Hall–Kier alpha value is -1.69. The van der Waals surface area contributed by atoms with E-state index in [1.54, 1.807) is 13.8 Å². The third kappa shape index (κ3) is 2.90. The monoisotopic (exact) mass is 225 g/mol. The predicted molar refractivity (Wildman–Crippen MR) is 56.9 cm³/mol. The van der Waals surface area contributed by atoms with E-state index in [9.17, 15) is 9.90 Å². The van der Waals surface area contributed by atoms with Crippen molar-refractivity contribution in [2.75, 3.05) is 6.61 Å². The Bertz CT molecular complexity index is 385. The van der Waals surface area contributed by atoms with Gasteiger partial charge in [-0.05, 0) is 13.8 Å². The van der Waals surface area contributed by atoms with Crippen LogP contribution in [0.25, 0.3) is 0 Å². The molecule has 0 bridgehead atoms. The maximum atomic E-state index is 11.5. The molecular formula is C10H15N3O3. The predicted octanol–water partition coefficient (Wildman–Crippen LogP) is 0.310. The number of hydrogen-bond donors (Lipinski definition) is 1. The van der Waals surface area contributed by atoms with E-state index in [0.717, 1.165) is 0 Å². The average molecular weight is 225 g/mol. The van der Waals surface area contributed by atoms with Crippen LogP contribution >= 0.6 is 0 Å². The topological polar surface area (TPSA) is 77.2 Å². The number of carbonyl (C=O) groups is 1. The molecule has 0 aliphatic rings. The first-order valence-electron chi connectivity index (χ1n) is 4.92. The SMILES string of the molecule is C=CCOC(=O)c1nnn(CC(C)O)c1C. The summed E-state index contributed by atoms with van der Waals surface area (Å²) in [5, 5.41) is 16.7. The van der Waals surface area contributed by atoms with Gasteiger partial charge >= 0.3 is 5.97 Å². The Balaban J connectivity index is 2.78. The van der Waals surface area contributed by atoms with Crippen LogP contribution < -0.4 is 0 Å². The molecule has 0 radical (unpaired) electrons. The van der Waals surface area contributed by atoms with Crippen molar-refractivity contribution in [1.82, 2.24) is 15.0 Å². The molecule has 1 rings (SSSR count). The summed E-state index contributed by atoms with van der Waals surface area (Å²) in [6.45, 7) is 7.22. The molecule has 1 aromatic rings. The minimum atomic E-state index is -0.544. The van der Waals surface area contributed by atoms with Crippen LogP contribution in [0.5, 0.6) is 0 Å². The standard InChI is InChI=1S/C10H15N3O3/c1-4-5-16-10(15)9-8(3)13(12-11-9)6-7(2)14/h4,7,14H,1,5-6H2,2-3H3. The number of esters is 1. The summed E-state index contributed by atoms with van der Waals surface area (Å²) in [4.78, 5) is 11.5. The summed E-state index contributed by atoms with van der Waals surface area (Å²) in [6.07, 6.45) is 0.936. The molecule has 6 nitrogen and oxygen atoms in total. The van der Waals surface area contributed by atoms with E-state index in [4.69, 9.17) is 4.74 Å². The third-order valence-electron chi connectivity index (χ3n) is 1.95. The molecule has 1 atom stereocenters. The molecule has 0 saturated heterocycles. The van der Waals surface area contributed by atoms with Crippen molar-refractivity contribution in [1.29, 1.82) is 0 Å². The third-order valence-corrected chi connectivity index (χ3v) is 1.95. The van der Waals surface area contributed by atoms with Gasteiger partial charge in [0.25, 0.3) is 0 Å². The molecule has 6 heteroatoms. The molecule has 0 amide bonds. The van der Waals surface area contributed by atoms with Gasteiger partial charge in [0, 0.05) is 0 Å². The quantitative estimate of drug-likeness (QED) is 0.576. The fourth-order valence-electron chi connectivity index (χ4n) is 1.18. The van der Waals surface area contributed by atoms with Gasteiger partial charge in [-0.15, -0.1) is 5.10 Å². The largest absolute Gasteiger partial charge is 0.457 e. The van der Waals surface area contributed by atoms with Gasteiger partial charge in [0.15, 0.2) is 5.69 Å². The molecular weight excluding hydrogens is 210 g/mol. The minimum absolute atomic E-state index is 0.140. The number of aromatic nitrogens is 3. The number of nitrogens with zero attached hydrogens (tertiary/aromatic N) is 3. The Labute approximate surface area is 93.5 Å². The Morgan fingerprint density at radius 1 is 1.75 bits per heavy atom. The lowest BCUT2D eigenvalue weighted by molar-refractivity contribution is 0.0541. The zero-order valence-electron chi connectivity index (χ0n) is 9.38. The van der Waals surface area contributed by atoms with Gasteiger partial charge in [0.1, 0.15) is 6.61 Å². The highest BCUT2D eigenvalue weighted by Crippen LogP contribution is 2.06. The van der Waals surface area contributed by atoms with Crippen LogP contribution in [0.2, 0.25) is 0 Å². The first-order chi connectivity index (χ1) is 7.56. The van der Waals surface area contributed by atoms with Crippen molar-refractivity contribution in [3.63, 3.8) is 0 Å². The molecule has 0 aromatic carbocycles. The Morgan fingerprint density at radius 3 is 3.00 bits per heavy atom. The molecule has 88 valence electrons. The summed E-state index contributed by atoms with van der Waals surface area (Å²) < 4.78 is 6.31. The first kappa shape index (κ1) is 12.4. The van der Waals surface area contributed by atoms with Gasteiger partial charge in [-0.2, -0.15) is 0 Å². The van der Waals surface area contributed by atoms with Crippen molar-refractivity contribution >= 4 is 5.97 Å². The van der Waals surface area contributed by atoms with Gasteiger partial charge in [0.05, 0.1) is 18.3 Å². The zero-order chi connectivity index (χ0) is 12.1. The molecule has 1 heterocycles. The minimum Gasteiger partial charge on any atom is -0.457 e. The number of aliphatic hydroxyl groups excluding tert-OH is 1. The van der Waals surface area contributed by atoms with Crippen LogP contribution in [0, 0.1) is 6.92 Å². The van der Waals surface area contributed by atoms with Crippen LogP contribution in [0.4, 0.5) is 0 Å². The highest BCUT2D eigenvalue weighted by molar-refractivity contribution is 5.88. The smallest absolute Gasteiger partial charge is 0.361 e. The fourth-order valence-corrected chi connectivity index (χ4v) is 1.18. The second-order valence-corrected chi connectivity index (χ2v) is 3.44. The van der Waals surface area contributed by atoms with E-state index in [2.05, 4.69) is 16.9 Å². The lowest BCUT2D eigenvalue weighted by atomic mass is 10.3. The molecule has 0 aliphatic carbocycles. The second kappa shape index (κ2) is 5.41. The maximum Gasteiger partial charge on any atom is 0.361 e. The van der Waals surface area contributed by atoms with Crippen molar-refractivity contribution in [2.24, 2.45) is 0 Å². The summed E-state index contributed by atoms with van der Waals surface area (Å²) in [6, 6.07) is 0. The van der Waals surface area contributed by atoms with E-state index < -0.39 is 12.1 Å². The van der Waals surface area contributed by atoms with Gasteiger partial charge in [0.2, 0.25) is 0 Å². The Kier molecular flexibility index (Phi) is 4.19. The van der Waals surface area contributed by atoms with Gasteiger partial charge in [-0.25, -0.2) is 9.48 Å². The summed E-state index contributed by atoms with van der Waals surface area (Å²) >= 11 is 0. The first-order valence-corrected chi connectivity index (χ1v) is 4.92. The molecule has 0 saturated carbocycles. The Morgan fingerprint density at radius 2 is 2.44 bits per heavy atom. The molecule has 16 heavy (non-hydrogen) atoms. The fraction of sp³-hybridized carbons (Fsp3) is 0.500. The van der Waals surface area contributed by atoms with Crippen molar-refractivity contribution in [3.05, 3.63) is 24.0 Å². The van der Waals surface area contributed by atoms with Crippen molar-refractivity contribution in [3.8, 4) is 0 Å².